The van der Waals surface area contributed by atoms with E-state index < -0.39 is 0 Å². The molecule has 0 atom stereocenters. The van der Waals surface area contributed by atoms with Crippen molar-refractivity contribution >= 4 is 39.9 Å². The fourth-order valence-corrected chi connectivity index (χ4v) is 8.19. The Kier molecular flexibility index (Phi) is 14.3. The van der Waals surface area contributed by atoms with Gasteiger partial charge in [0.15, 0.2) is 11.5 Å². The van der Waals surface area contributed by atoms with Crippen molar-refractivity contribution in [2.24, 2.45) is 5.92 Å². The zero-order valence-electron chi connectivity index (χ0n) is 34.4. The lowest BCUT2D eigenvalue weighted by Crippen LogP contribution is -2.49. The predicted molar refractivity (Wildman–Crippen MR) is 234 cm³/mol. The Balaban J connectivity index is 0.809. The van der Waals surface area contributed by atoms with Gasteiger partial charge in [-0.2, -0.15) is 0 Å². The van der Waals surface area contributed by atoms with Crippen LogP contribution in [0.4, 0.5) is 27.8 Å². The van der Waals surface area contributed by atoms with Crippen molar-refractivity contribution < 1.29 is 14.3 Å². The minimum absolute atomic E-state index is 0.289. The van der Waals surface area contributed by atoms with Crippen LogP contribution in [0.15, 0.2) is 85.3 Å². The summed E-state index contributed by atoms with van der Waals surface area (Å²) in [7, 11) is 1.66. The van der Waals surface area contributed by atoms with Gasteiger partial charge in [0.05, 0.1) is 19.2 Å². The number of ether oxygens (including phenoxy) is 2. The van der Waals surface area contributed by atoms with Crippen LogP contribution in [0, 0.1) is 19.8 Å². The molecule has 3 N–H and O–H groups in total. The number of urea groups is 1. The molecule has 4 heterocycles. The number of anilines is 4. The van der Waals surface area contributed by atoms with Gasteiger partial charge in [0, 0.05) is 68.3 Å². The number of aromatic nitrogens is 3. The van der Waals surface area contributed by atoms with Gasteiger partial charge in [-0.05, 0) is 124 Å². The first-order chi connectivity index (χ1) is 28.4. The number of fused-ring (bicyclic) bond motifs is 1. The van der Waals surface area contributed by atoms with Crippen LogP contribution in [0.1, 0.15) is 55.2 Å². The number of piperazine rings is 1. The Hall–Kier alpha value is -5.46. The van der Waals surface area contributed by atoms with Crippen molar-refractivity contribution in [2.45, 2.75) is 58.9 Å². The summed E-state index contributed by atoms with van der Waals surface area (Å²) in [6.07, 6.45) is 10.6. The number of methoxy groups -OCH3 is 1. The first-order valence-electron chi connectivity index (χ1n) is 20.9. The number of aryl methyl sites for hydroxylation is 2. The third-order valence-electron chi connectivity index (χ3n) is 11.2. The summed E-state index contributed by atoms with van der Waals surface area (Å²) < 4.78 is 12.0. The number of carbonyl (C=O) groups is 1. The highest BCUT2D eigenvalue weighted by molar-refractivity contribution is 6.00. The summed E-state index contributed by atoms with van der Waals surface area (Å²) in [5, 5.41) is 10.2. The van der Waals surface area contributed by atoms with Crippen molar-refractivity contribution in [3.63, 3.8) is 0 Å². The largest absolute Gasteiger partial charge is 0.493 e. The van der Waals surface area contributed by atoms with E-state index in [1.165, 1.54) is 51.9 Å². The summed E-state index contributed by atoms with van der Waals surface area (Å²) in [6.45, 7) is 14.4. The zero-order chi connectivity index (χ0) is 40.1. The second-order valence-electron chi connectivity index (χ2n) is 15.8. The number of nitrogens with zero attached hydrogens (tertiary/aromatic N) is 6. The number of pyridine rings is 1. The number of benzene rings is 3. The van der Waals surface area contributed by atoms with Crippen molar-refractivity contribution in [3.8, 4) is 11.5 Å². The van der Waals surface area contributed by atoms with E-state index in [-0.39, 0.29) is 6.03 Å². The minimum Gasteiger partial charge on any atom is -0.493 e. The first-order valence-corrected chi connectivity index (χ1v) is 20.9. The van der Waals surface area contributed by atoms with Crippen LogP contribution >= 0.6 is 0 Å². The molecule has 0 spiro atoms. The molecular weight excluding hydrogens is 727 g/mol. The van der Waals surface area contributed by atoms with E-state index in [2.05, 4.69) is 63.8 Å². The van der Waals surface area contributed by atoms with Gasteiger partial charge in [0.25, 0.3) is 0 Å². The van der Waals surface area contributed by atoms with Crippen molar-refractivity contribution in [1.82, 2.24) is 24.8 Å². The van der Waals surface area contributed by atoms with E-state index in [1.54, 1.807) is 13.4 Å². The molecule has 0 radical (unpaired) electrons. The van der Waals surface area contributed by atoms with Crippen LogP contribution in [0.25, 0.3) is 10.9 Å². The zero-order valence-corrected chi connectivity index (χ0v) is 34.4. The Morgan fingerprint density at radius 3 is 2.33 bits per heavy atom. The van der Waals surface area contributed by atoms with Gasteiger partial charge < -0.3 is 35.2 Å². The number of rotatable bonds is 17. The standard InChI is InChI=1S/C46H59N9O3/c1-34-25-35(2)27-39(26-34)52-46(56)51-38-12-10-11-37(28-38)31-48-45-40-29-43(42(57-3)30-41(40)49-33-50-45)58-24-9-5-4-8-17-53-18-14-36(15-19-53)32-54-20-22-55(23-21-54)44-13-6-7-16-47-44/h6-7,10-13,16,25-30,33,36H,4-5,8-9,14-15,17-24,31-32H2,1-3H3,(H,48,49,50)(H2,51,52,56). The molecule has 306 valence electrons. The molecule has 0 bridgehead atoms. The number of amides is 2. The average molecular weight is 786 g/mol. The van der Waals surface area contributed by atoms with Gasteiger partial charge in [-0.25, -0.2) is 19.7 Å². The maximum Gasteiger partial charge on any atom is 0.323 e. The number of nitrogens with one attached hydrogen (secondary N) is 3. The summed E-state index contributed by atoms with van der Waals surface area (Å²) in [5.41, 5.74) is 5.42. The van der Waals surface area contributed by atoms with Gasteiger partial charge >= 0.3 is 6.03 Å². The van der Waals surface area contributed by atoms with E-state index in [1.807, 2.05) is 74.6 Å². The molecule has 2 aliphatic heterocycles. The molecule has 2 fully saturated rings. The van der Waals surface area contributed by atoms with E-state index in [4.69, 9.17) is 9.47 Å². The summed E-state index contributed by atoms with van der Waals surface area (Å²) in [4.78, 5) is 34.1. The molecule has 58 heavy (non-hydrogen) atoms. The molecule has 5 aromatic rings. The van der Waals surface area contributed by atoms with E-state index >= 15 is 0 Å². The Bertz CT molecular complexity index is 2060. The van der Waals surface area contributed by atoms with Crippen LogP contribution in [-0.2, 0) is 6.54 Å². The molecule has 7 rings (SSSR count). The highest BCUT2D eigenvalue weighted by Crippen LogP contribution is 2.34. The molecule has 0 saturated carbocycles. The van der Waals surface area contributed by atoms with Gasteiger partial charge in [-0.1, -0.05) is 37.1 Å². The minimum atomic E-state index is -0.289. The van der Waals surface area contributed by atoms with Crippen LogP contribution in [0.2, 0.25) is 0 Å². The average Bonchev–Trinajstić information content (AvgIpc) is 3.23. The first kappa shape index (κ1) is 40.7. The normalized spacial score (nSPS) is 15.3. The fourth-order valence-electron chi connectivity index (χ4n) is 8.19. The lowest BCUT2D eigenvalue weighted by Gasteiger charge is -2.39. The van der Waals surface area contributed by atoms with Gasteiger partial charge in [0.1, 0.15) is 18.0 Å². The van der Waals surface area contributed by atoms with Crippen molar-refractivity contribution in [1.29, 1.82) is 0 Å². The molecule has 12 nitrogen and oxygen atoms in total. The lowest BCUT2D eigenvalue weighted by atomic mass is 9.95. The van der Waals surface area contributed by atoms with E-state index in [0.29, 0.717) is 36.2 Å². The summed E-state index contributed by atoms with van der Waals surface area (Å²) >= 11 is 0. The molecule has 12 heteroatoms. The molecule has 2 aliphatic rings. The topological polar surface area (TPSA) is 120 Å². The second kappa shape index (κ2) is 20.3. The molecule has 2 saturated heterocycles. The molecule has 2 amide bonds. The highest BCUT2D eigenvalue weighted by atomic mass is 16.5. The maximum atomic E-state index is 12.7. The molecule has 0 aliphatic carbocycles. The van der Waals surface area contributed by atoms with Crippen LogP contribution in [0.5, 0.6) is 11.5 Å². The monoisotopic (exact) mass is 785 g/mol. The lowest BCUT2D eigenvalue weighted by molar-refractivity contribution is 0.138. The smallest absolute Gasteiger partial charge is 0.323 e. The maximum absolute atomic E-state index is 12.7. The molecule has 0 unspecified atom stereocenters. The molecule has 2 aromatic heterocycles. The Morgan fingerprint density at radius 2 is 1.55 bits per heavy atom. The third kappa shape index (κ3) is 11.6. The summed E-state index contributed by atoms with van der Waals surface area (Å²) in [5.74, 6) is 3.97. The van der Waals surface area contributed by atoms with Crippen molar-refractivity contribution in [2.75, 3.05) is 86.9 Å². The fraction of sp³-hybridized carbons (Fsp3) is 0.435. The Labute approximate surface area is 343 Å². The van der Waals surface area contributed by atoms with E-state index in [0.717, 1.165) is 84.0 Å². The second-order valence-corrected chi connectivity index (χ2v) is 15.8. The van der Waals surface area contributed by atoms with E-state index in [9.17, 15) is 4.79 Å². The molecule has 3 aromatic carbocycles. The number of carbonyl (C=O) groups excluding carboxylic acids is 1. The van der Waals surface area contributed by atoms with Crippen LogP contribution in [0.3, 0.4) is 0 Å². The Morgan fingerprint density at radius 1 is 0.759 bits per heavy atom. The number of hydrogen-bond acceptors (Lipinski definition) is 10. The van der Waals surface area contributed by atoms with Gasteiger partial charge in [-0.3, -0.25) is 4.90 Å². The number of hydrogen-bond donors (Lipinski definition) is 3. The van der Waals surface area contributed by atoms with Gasteiger partial charge in [-0.15, -0.1) is 0 Å². The van der Waals surface area contributed by atoms with Gasteiger partial charge in [0.2, 0.25) is 0 Å². The SMILES string of the molecule is COc1cc2ncnc(NCc3cccc(NC(=O)Nc4cc(C)cc(C)c4)c3)c2cc1OCCCCCCN1CCC(CN2CCN(c3ccccn3)CC2)CC1. The molecular formula is C46H59N9O3. The highest BCUT2D eigenvalue weighted by Gasteiger charge is 2.24. The quantitative estimate of drug-likeness (QED) is 0.0794. The summed E-state index contributed by atoms with van der Waals surface area (Å²) in [6, 6.07) is 23.5. The number of unbranched alkanes of at least 4 members (excludes halogenated alkanes) is 3. The number of likely N-dealkylation sites (tertiary alicyclic amines) is 1. The van der Waals surface area contributed by atoms with Crippen LogP contribution < -0.4 is 30.3 Å². The number of piperidine rings is 1. The third-order valence-corrected chi connectivity index (χ3v) is 11.2. The van der Waals surface area contributed by atoms with Crippen LogP contribution in [-0.4, -0.2) is 96.9 Å². The predicted octanol–water partition coefficient (Wildman–Crippen LogP) is 8.38. The van der Waals surface area contributed by atoms with Crippen molar-refractivity contribution in [3.05, 3.63) is 102 Å².